The summed E-state index contributed by atoms with van der Waals surface area (Å²) in [5, 5.41) is 46.1. The largest absolute Gasteiger partial charge is 0.480 e. The standard InChI is InChI=1S/C30H52N8O11/c1-6-15(4)24(37-27(46)18(7-8-21(31)41)35-28(47)19-10-17(40)11-32-19)29(48)38-25(16(5)39)30(49)36-20(9-14(2)3)26(45)34-12-22(42)33-13-23(43)44/h14-20,24-25,32,39-40H,6-13H2,1-5H3,(H2,31,41)(H,33,42)(H,34,45)(H,35,47)(H,36,49)(H,37,46)(H,38,48)(H,43,44)/t15-,16+,17?,18-,19-,20-,24-,25-/m0/s1. The molecule has 1 unspecified atom stereocenters. The van der Waals surface area contributed by atoms with Crippen molar-refractivity contribution in [2.24, 2.45) is 17.6 Å². The van der Waals surface area contributed by atoms with Gasteiger partial charge >= 0.3 is 5.97 Å². The van der Waals surface area contributed by atoms with Crippen molar-refractivity contribution in [2.75, 3.05) is 19.6 Å². The molecule has 0 saturated carbocycles. The lowest BCUT2D eigenvalue weighted by Gasteiger charge is -2.30. The van der Waals surface area contributed by atoms with Crippen LogP contribution in [0.3, 0.4) is 0 Å². The maximum absolute atomic E-state index is 13.6. The van der Waals surface area contributed by atoms with E-state index in [0.717, 1.165) is 0 Å². The summed E-state index contributed by atoms with van der Waals surface area (Å²) in [5.41, 5.74) is 5.26. The average Bonchev–Trinajstić information content (AvgIpc) is 3.46. The summed E-state index contributed by atoms with van der Waals surface area (Å²) in [7, 11) is 0. The number of amides is 7. The minimum absolute atomic E-state index is 0.105. The Bertz CT molecular complexity index is 1200. The Kier molecular flexibility index (Phi) is 18.2. The Hall–Kier alpha value is -4.36. The van der Waals surface area contributed by atoms with Gasteiger partial charge in [0.2, 0.25) is 41.4 Å². The summed E-state index contributed by atoms with van der Waals surface area (Å²) in [4.78, 5) is 99.9. The van der Waals surface area contributed by atoms with Crippen LogP contribution in [0.4, 0.5) is 0 Å². The number of rotatable bonds is 21. The van der Waals surface area contributed by atoms with Crippen molar-refractivity contribution in [3.05, 3.63) is 0 Å². The van der Waals surface area contributed by atoms with Gasteiger partial charge in [-0.3, -0.25) is 38.4 Å². The molecule has 0 bridgehead atoms. The molecule has 0 spiro atoms. The first-order chi connectivity index (χ1) is 22.9. The number of nitrogens with one attached hydrogen (secondary N) is 7. The number of carboxylic acids is 1. The van der Waals surface area contributed by atoms with Gasteiger partial charge in [0.25, 0.3) is 0 Å². The third-order valence-corrected chi connectivity index (χ3v) is 7.79. The zero-order valence-corrected chi connectivity index (χ0v) is 28.5. The van der Waals surface area contributed by atoms with E-state index < -0.39 is 109 Å². The van der Waals surface area contributed by atoms with Crippen molar-refractivity contribution >= 4 is 47.3 Å². The van der Waals surface area contributed by atoms with Crippen LogP contribution in [-0.4, -0.2) is 125 Å². The van der Waals surface area contributed by atoms with Crippen LogP contribution < -0.4 is 43.0 Å². The lowest BCUT2D eigenvalue weighted by Crippen LogP contribution is -2.62. The molecule has 1 fully saturated rings. The predicted molar refractivity (Wildman–Crippen MR) is 173 cm³/mol. The van der Waals surface area contributed by atoms with Gasteiger partial charge in [-0.25, -0.2) is 0 Å². The molecule has 0 radical (unpaired) electrons. The van der Waals surface area contributed by atoms with Crippen molar-refractivity contribution in [1.29, 1.82) is 0 Å². The van der Waals surface area contributed by atoms with Crippen LogP contribution in [0.15, 0.2) is 0 Å². The molecule has 19 heteroatoms. The molecule has 278 valence electrons. The Labute approximate surface area is 284 Å². The van der Waals surface area contributed by atoms with Gasteiger partial charge in [-0.05, 0) is 38.0 Å². The van der Waals surface area contributed by atoms with Gasteiger partial charge in [-0.2, -0.15) is 0 Å². The first-order valence-electron chi connectivity index (χ1n) is 16.2. The van der Waals surface area contributed by atoms with Gasteiger partial charge in [-0.1, -0.05) is 34.1 Å². The summed E-state index contributed by atoms with van der Waals surface area (Å²) in [6.45, 7) is 7.13. The first-order valence-corrected chi connectivity index (χ1v) is 16.2. The van der Waals surface area contributed by atoms with Gasteiger partial charge in [0, 0.05) is 13.0 Å². The molecule has 1 aliphatic heterocycles. The van der Waals surface area contributed by atoms with Crippen LogP contribution in [-0.2, 0) is 38.4 Å². The minimum atomic E-state index is -1.59. The zero-order chi connectivity index (χ0) is 37.4. The maximum Gasteiger partial charge on any atom is 0.322 e. The van der Waals surface area contributed by atoms with E-state index in [9.17, 15) is 48.6 Å². The summed E-state index contributed by atoms with van der Waals surface area (Å²) in [5.74, 6) is -7.40. The van der Waals surface area contributed by atoms with E-state index in [2.05, 4.69) is 37.2 Å². The highest BCUT2D eigenvalue weighted by molar-refractivity contribution is 5.97. The highest BCUT2D eigenvalue weighted by Gasteiger charge is 2.36. The lowest BCUT2D eigenvalue weighted by molar-refractivity contribution is -0.138. The molecule has 0 aromatic heterocycles. The first kappa shape index (κ1) is 42.7. The summed E-state index contributed by atoms with van der Waals surface area (Å²) in [6.07, 6.45) is -2.08. The highest BCUT2D eigenvalue weighted by Crippen LogP contribution is 2.12. The van der Waals surface area contributed by atoms with Crippen molar-refractivity contribution < 1.29 is 53.7 Å². The molecule has 1 saturated heterocycles. The van der Waals surface area contributed by atoms with Crippen molar-refractivity contribution in [1.82, 2.24) is 37.2 Å². The second kappa shape index (κ2) is 20.9. The third kappa shape index (κ3) is 15.6. The summed E-state index contributed by atoms with van der Waals surface area (Å²) < 4.78 is 0. The van der Waals surface area contributed by atoms with Crippen molar-refractivity contribution in [2.45, 2.75) is 109 Å². The van der Waals surface area contributed by atoms with Crippen LogP contribution >= 0.6 is 0 Å². The Morgan fingerprint density at radius 2 is 1.43 bits per heavy atom. The Morgan fingerprint density at radius 3 is 1.94 bits per heavy atom. The molecule has 0 aromatic carbocycles. The number of nitrogens with two attached hydrogens (primary N) is 1. The van der Waals surface area contributed by atoms with Crippen LogP contribution in [0.1, 0.15) is 66.7 Å². The van der Waals surface area contributed by atoms with E-state index in [0.29, 0.717) is 6.42 Å². The molecular weight excluding hydrogens is 648 g/mol. The van der Waals surface area contributed by atoms with Crippen LogP contribution in [0.5, 0.6) is 0 Å². The van der Waals surface area contributed by atoms with E-state index in [1.807, 2.05) is 0 Å². The maximum atomic E-state index is 13.6. The number of primary amides is 1. The smallest absolute Gasteiger partial charge is 0.322 e. The van der Waals surface area contributed by atoms with Crippen molar-refractivity contribution in [3.63, 3.8) is 0 Å². The number of carbonyl (C=O) groups is 8. The molecule has 49 heavy (non-hydrogen) atoms. The fourth-order valence-electron chi connectivity index (χ4n) is 4.84. The molecule has 1 aliphatic rings. The van der Waals surface area contributed by atoms with Gasteiger partial charge in [0.05, 0.1) is 24.8 Å². The van der Waals surface area contributed by atoms with Crippen LogP contribution in [0.2, 0.25) is 0 Å². The molecule has 0 aliphatic carbocycles. The molecule has 1 rings (SSSR count). The zero-order valence-electron chi connectivity index (χ0n) is 28.5. The SMILES string of the molecule is CC[C@H](C)[C@H](NC(=O)[C@H](CCC(N)=O)NC(=O)[C@@H]1CC(O)CN1)C(=O)N[C@H](C(=O)N[C@@H](CC(C)C)C(=O)NCC(=O)NCC(=O)O)[C@@H](C)O. The molecule has 1 heterocycles. The minimum Gasteiger partial charge on any atom is -0.480 e. The number of β-amino-alcohol motifs (C(OH)–C–C–N with tert-alkyl or cyclic N) is 1. The van der Waals surface area contributed by atoms with E-state index in [1.165, 1.54) is 6.92 Å². The predicted octanol–water partition coefficient (Wildman–Crippen LogP) is -4.30. The van der Waals surface area contributed by atoms with Crippen LogP contribution in [0.25, 0.3) is 0 Å². The number of carboxylic acid groups (broad SMARTS) is 1. The third-order valence-electron chi connectivity index (χ3n) is 7.79. The van der Waals surface area contributed by atoms with Crippen molar-refractivity contribution in [3.8, 4) is 0 Å². The van der Waals surface area contributed by atoms with E-state index >= 15 is 0 Å². The Morgan fingerprint density at radius 1 is 0.816 bits per heavy atom. The second-order valence-corrected chi connectivity index (χ2v) is 12.6. The fraction of sp³-hybridized carbons (Fsp3) is 0.733. The van der Waals surface area contributed by atoms with Crippen LogP contribution in [0, 0.1) is 11.8 Å². The normalized spacial score (nSPS) is 19.3. The molecule has 7 amide bonds. The number of hydrogen-bond donors (Lipinski definition) is 11. The number of aliphatic hydroxyl groups excluding tert-OH is 2. The summed E-state index contributed by atoms with van der Waals surface area (Å²) in [6, 6.07) is -6.13. The van der Waals surface area contributed by atoms with Gasteiger partial charge in [0.1, 0.15) is 30.7 Å². The number of carbonyl (C=O) groups excluding carboxylic acids is 7. The molecule has 0 aromatic rings. The molecule has 19 nitrogen and oxygen atoms in total. The quantitative estimate of drug-likeness (QED) is 0.0542. The highest BCUT2D eigenvalue weighted by atomic mass is 16.4. The monoisotopic (exact) mass is 700 g/mol. The number of aliphatic hydroxyl groups is 2. The average molecular weight is 701 g/mol. The second-order valence-electron chi connectivity index (χ2n) is 12.6. The summed E-state index contributed by atoms with van der Waals surface area (Å²) >= 11 is 0. The number of aliphatic carboxylic acids is 1. The van der Waals surface area contributed by atoms with E-state index in [4.69, 9.17) is 10.8 Å². The fourth-order valence-corrected chi connectivity index (χ4v) is 4.84. The van der Waals surface area contributed by atoms with E-state index in [-0.39, 0.29) is 38.1 Å². The molecular formula is C30H52N8O11. The van der Waals surface area contributed by atoms with Gasteiger partial charge in [0.15, 0.2) is 0 Å². The number of hydrogen-bond acceptors (Lipinski definition) is 11. The topological polar surface area (TPSA) is 307 Å². The molecule has 8 atom stereocenters. The van der Waals surface area contributed by atoms with E-state index in [1.54, 1.807) is 27.7 Å². The molecule has 12 N–H and O–H groups in total. The lowest BCUT2D eigenvalue weighted by atomic mass is 9.96. The Balaban J connectivity index is 3.10. The van der Waals surface area contributed by atoms with Gasteiger partial charge < -0.3 is 58.3 Å². The van der Waals surface area contributed by atoms with Gasteiger partial charge in [-0.15, -0.1) is 0 Å².